The van der Waals surface area contributed by atoms with Crippen molar-refractivity contribution in [2.75, 3.05) is 0 Å². The molecule has 1 N–H and O–H groups in total. The summed E-state index contributed by atoms with van der Waals surface area (Å²) in [4.78, 5) is 13.7. The normalized spacial score (nSPS) is 10.2. The van der Waals surface area contributed by atoms with Gasteiger partial charge in [-0.25, -0.2) is 4.89 Å². The highest BCUT2D eigenvalue weighted by Gasteiger charge is 2.17. The second kappa shape index (κ2) is 6.15. The number of hydrogen-bond acceptors (Lipinski definition) is 4. The molecule has 0 atom stereocenters. The zero-order valence-electron chi connectivity index (χ0n) is 9.19. The maximum Gasteiger partial charge on any atom is 0.524 e. The monoisotopic (exact) mass is 229 g/mol. The van der Waals surface area contributed by atoms with E-state index in [-0.39, 0.29) is 6.61 Å². The first kappa shape index (κ1) is 11.8. The van der Waals surface area contributed by atoms with Crippen molar-refractivity contribution < 1.29 is 14.7 Å². The van der Waals surface area contributed by atoms with E-state index in [1.165, 1.54) is 6.20 Å². The summed E-state index contributed by atoms with van der Waals surface area (Å²) in [5.41, 5.74) is 1.53. The van der Waals surface area contributed by atoms with Crippen LogP contribution in [0.5, 0.6) is 0 Å². The van der Waals surface area contributed by atoms with Gasteiger partial charge in [0.25, 0.3) is 0 Å². The Morgan fingerprint density at radius 1 is 1.12 bits per heavy atom. The molecule has 0 aliphatic heterocycles. The van der Waals surface area contributed by atoms with E-state index >= 15 is 0 Å². The smallest absolute Gasteiger partial charge is 0.422 e. The first-order valence-electron chi connectivity index (χ1n) is 5.26. The van der Waals surface area contributed by atoms with E-state index < -0.39 is 7.12 Å². The summed E-state index contributed by atoms with van der Waals surface area (Å²) in [6, 6.07) is 13.0. The average Bonchev–Trinajstić information content (AvgIpc) is 2.41. The summed E-state index contributed by atoms with van der Waals surface area (Å²) >= 11 is 0. The molecule has 0 saturated heterocycles. The predicted molar refractivity (Wildman–Crippen MR) is 64.2 cm³/mol. The van der Waals surface area contributed by atoms with Crippen molar-refractivity contribution in [1.82, 2.24) is 4.98 Å². The molecular weight excluding hydrogens is 217 g/mol. The van der Waals surface area contributed by atoms with Crippen molar-refractivity contribution >= 4 is 12.6 Å². The molecule has 17 heavy (non-hydrogen) atoms. The number of pyridine rings is 1. The van der Waals surface area contributed by atoms with Gasteiger partial charge in [-0.05, 0) is 11.6 Å². The number of benzene rings is 1. The van der Waals surface area contributed by atoms with Gasteiger partial charge in [-0.3, -0.25) is 9.79 Å². The summed E-state index contributed by atoms with van der Waals surface area (Å²) in [6.07, 6.45) is 3.15. The first-order valence-corrected chi connectivity index (χ1v) is 5.26. The fourth-order valence-electron chi connectivity index (χ4n) is 1.32. The van der Waals surface area contributed by atoms with Crippen LogP contribution in [0.15, 0.2) is 54.9 Å². The van der Waals surface area contributed by atoms with Gasteiger partial charge in [0.2, 0.25) is 0 Å². The molecule has 2 rings (SSSR count). The molecule has 86 valence electrons. The van der Waals surface area contributed by atoms with Gasteiger partial charge in [0.1, 0.15) is 6.61 Å². The third-order valence-electron chi connectivity index (χ3n) is 2.20. The van der Waals surface area contributed by atoms with E-state index in [0.717, 1.165) is 5.56 Å². The highest BCUT2D eigenvalue weighted by atomic mass is 17.2. The van der Waals surface area contributed by atoms with E-state index in [4.69, 9.17) is 9.69 Å². The van der Waals surface area contributed by atoms with Crippen molar-refractivity contribution in [2.45, 2.75) is 6.61 Å². The first-order chi connectivity index (χ1) is 8.36. The molecule has 0 amide bonds. The van der Waals surface area contributed by atoms with Gasteiger partial charge < -0.3 is 5.02 Å². The number of hydrogen-bond donors (Lipinski definition) is 1. The standard InChI is InChI=1S/C12H12BNO3/c15-13(12-7-4-8-14-9-12)17-16-10-11-5-2-1-3-6-11/h1-9,15H,10H2. The zero-order chi connectivity index (χ0) is 11.9. The molecule has 2 aromatic rings. The van der Waals surface area contributed by atoms with Crippen molar-refractivity contribution in [3.63, 3.8) is 0 Å². The Labute approximate surface area is 99.9 Å². The zero-order valence-corrected chi connectivity index (χ0v) is 9.19. The lowest BCUT2D eigenvalue weighted by Crippen LogP contribution is -2.33. The Kier molecular flexibility index (Phi) is 4.26. The fourth-order valence-corrected chi connectivity index (χ4v) is 1.32. The van der Waals surface area contributed by atoms with E-state index in [1.54, 1.807) is 18.3 Å². The van der Waals surface area contributed by atoms with E-state index in [0.29, 0.717) is 5.46 Å². The summed E-state index contributed by atoms with van der Waals surface area (Å²) in [7, 11) is -1.12. The van der Waals surface area contributed by atoms with Gasteiger partial charge in [0.05, 0.1) is 0 Å². The molecule has 0 unspecified atom stereocenters. The van der Waals surface area contributed by atoms with Gasteiger partial charge >= 0.3 is 7.12 Å². The molecule has 0 radical (unpaired) electrons. The van der Waals surface area contributed by atoms with Crippen LogP contribution in [-0.2, 0) is 16.3 Å². The van der Waals surface area contributed by atoms with Crippen LogP contribution in [0, 0.1) is 0 Å². The lowest BCUT2D eigenvalue weighted by atomic mass is 9.82. The molecule has 0 bridgehead atoms. The van der Waals surface area contributed by atoms with Crippen molar-refractivity contribution in [1.29, 1.82) is 0 Å². The second-order valence-corrected chi connectivity index (χ2v) is 3.48. The summed E-state index contributed by atoms with van der Waals surface area (Å²) < 4.78 is 0. The molecule has 1 aromatic carbocycles. The van der Waals surface area contributed by atoms with Gasteiger partial charge in [-0.1, -0.05) is 36.4 Å². The molecule has 0 fully saturated rings. The number of nitrogens with zero attached hydrogens (tertiary/aromatic N) is 1. The third-order valence-corrected chi connectivity index (χ3v) is 2.20. The van der Waals surface area contributed by atoms with Crippen LogP contribution >= 0.6 is 0 Å². The predicted octanol–water partition coefficient (Wildman–Crippen LogP) is 0.917. The maximum atomic E-state index is 9.61. The maximum absolute atomic E-state index is 9.61. The van der Waals surface area contributed by atoms with Crippen LogP contribution in [0.3, 0.4) is 0 Å². The Morgan fingerprint density at radius 2 is 1.94 bits per heavy atom. The fraction of sp³-hybridized carbons (Fsp3) is 0.0833. The van der Waals surface area contributed by atoms with Crippen LogP contribution in [0.25, 0.3) is 0 Å². The third kappa shape index (κ3) is 3.67. The van der Waals surface area contributed by atoms with Gasteiger partial charge in [0.15, 0.2) is 0 Å². The molecule has 5 heteroatoms. The number of rotatable bonds is 5. The van der Waals surface area contributed by atoms with E-state index in [1.807, 2.05) is 30.3 Å². The summed E-state index contributed by atoms with van der Waals surface area (Å²) in [5.74, 6) is 0. The lowest BCUT2D eigenvalue weighted by Gasteiger charge is -2.07. The quantitative estimate of drug-likeness (QED) is 0.470. The van der Waals surface area contributed by atoms with E-state index in [2.05, 4.69) is 4.98 Å². The minimum atomic E-state index is -1.12. The van der Waals surface area contributed by atoms with Crippen LogP contribution in [-0.4, -0.2) is 17.1 Å². The van der Waals surface area contributed by atoms with Crippen molar-refractivity contribution in [3.8, 4) is 0 Å². The highest BCUT2D eigenvalue weighted by Crippen LogP contribution is 2.01. The van der Waals surface area contributed by atoms with Crippen LogP contribution in [0.2, 0.25) is 0 Å². The van der Waals surface area contributed by atoms with Crippen molar-refractivity contribution in [2.24, 2.45) is 0 Å². The molecule has 1 heterocycles. The Hall–Kier alpha value is -1.69. The minimum absolute atomic E-state index is 0.290. The largest absolute Gasteiger partial charge is 0.524 e. The number of aromatic nitrogens is 1. The SMILES string of the molecule is OB(OOCc1ccccc1)c1cccnc1. The van der Waals surface area contributed by atoms with Crippen LogP contribution in [0.4, 0.5) is 0 Å². The summed E-state index contributed by atoms with van der Waals surface area (Å²) in [6.45, 7) is 0.290. The van der Waals surface area contributed by atoms with E-state index in [9.17, 15) is 5.02 Å². The Balaban J connectivity index is 1.79. The summed E-state index contributed by atoms with van der Waals surface area (Å²) in [5, 5.41) is 9.61. The second-order valence-electron chi connectivity index (χ2n) is 3.48. The average molecular weight is 229 g/mol. The molecule has 0 aliphatic rings. The van der Waals surface area contributed by atoms with Crippen molar-refractivity contribution in [3.05, 3.63) is 60.4 Å². The lowest BCUT2D eigenvalue weighted by molar-refractivity contribution is -0.231. The van der Waals surface area contributed by atoms with Gasteiger partial charge in [0, 0.05) is 17.9 Å². The molecule has 0 saturated carbocycles. The molecule has 0 spiro atoms. The van der Waals surface area contributed by atoms with Crippen LogP contribution in [0.1, 0.15) is 5.56 Å². The highest BCUT2D eigenvalue weighted by molar-refractivity contribution is 6.59. The molecule has 1 aromatic heterocycles. The Morgan fingerprint density at radius 3 is 2.65 bits per heavy atom. The van der Waals surface area contributed by atoms with Gasteiger partial charge in [-0.15, -0.1) is 0 Å². The topological polar surface area (TPSA) is 51.6 Å². The minimum Gasteiger partial charge on any atom is -0.422 e. The molecule has 0 aliphatic carbocycles. The molecular formula is C12H12BNO3. The Bertz CT molecular complexity index is 438. The molecule has 4 nitrogen and oxygen atoms in total. The van der Waals surface area contributed by atoms with Gasteiger partial charge in [-0.2, -0.15) is 0 Å². The van der Waals surface area contributed by atoms with Crippen LogP contribution < -0.4 is 5.46 Å².